The third kappa shape index (κ3) is 4.90. The maximum Gasteiger partial charge on any atom is 0.0417 e. The lowest BCUT2D eigenvalue weighted by atomic mass is 10.1. The van der Waals surface area contributed by atoms with E-state index < -0.39 is 0 Å². The van der Waals surface area contributed by atoms with Crippen molar-refractivity contribution in [2.45, 2.75) is 24.3 Å². The fraction of sp³-hybridized carbons (Fsp3) is 0.250. The fourth-order valence-electron chi connectivity index (χ4n) is 1.96. The van der Waals surface area contributed by atoms with Crippen LogP contribution in [0.3, 0.4) is 0 Å². The van der Waals surface area contributed by atoms with E-state index in [0.717, 1.165) is 17.2 Å². The molecule has 0 aliphatic heterocycles. The van der Waals surface area contributed by atoms with Crippen LogP contribution in [0.25, 0.3) is 0 Å². The van der Waals surface area contributed by atoms with Crippen LogP contribution in [0.5, 0.6) is 0 Å². The van der Waals surface area contributed by atoms with Gasteiger partial charge in [0, 0.05) is 21.7 Å². The molecule has 19 heavy (non-hydrogen) atoms. The highest BCUT2D eigenvalue weighted by atomic mass is 35.5. The van der Waals surface area contributed by atoms with Gasteiger partial charge in [0.25, 0.3) is 0 Å². The quantitative estimate of drug-likeness (QED) is 0.831. The smallest absolute Gasteiger partial charge is 0.0417 e. The van der Waals surface area contributed by atoms with Gasteiger partial charge in [-0.05, 0) is 37.1 Å². The Kier molecular flexibility index (Phi) is 5.32. The van der Waals surface area contributed by atoms with Gasteiger partial charge in [-0.3, -0.25) is 0 Å². The molecule has 0 saturated heterocycles. The molecule has 0 aromatic heterocycles. The van der Waals surface area contributed by atoms with Crippen LogP contribution in [-0.2, 0) is 6.42 Å². The molecule has 2 aromatic rings. The molecule has 0 heterocycles. The van der Waals surface area contributed by atoms with Crippen LogP contribution in [0.1, 0.15) is 11.1 Å². The Morgan fingerprint density at radius 2 is 1.95 bits per heavy atom. The number of hydrogen-bond acceptors (Lipinski definition) is 2. The summed E-state index contributed by atoms with van der Waals surface area (Å²) < 4.78 is 0. The minimum Gasteiger partial charge on any atom is -0.327 e. The zero-order valence-electron chi connectivity index (χ0n) is 11.0. The summed E-state index contributed by atoms with van der Waals surface area (Å²) in [6, 6.07) is 16.6. The molecule has 0 aliphatic carbocycles. The maximum atomic E-state index is 6.19. The van der Waals surface area contributed by atoms with Gasteiger partial charge >= 0.3 is 0 Å². The van der Waals surface area contributed by atoms with Crippen LogP contribution in [-0.4, -0.2) is 11.8 Å². The zero-order valence-corrected chi connectivity index (χ0v) is 12.5. The molecule has 0 fully saturated rings. The molecule has 2 rings (SSSR count). The second-order valence-corrected chi connectivity index (χ2v) is 6.25. The average Bonchev–Trinajstić information content (AvgIpc) is 2.36. The number of nitrogens with two attached hydrogens (primary N) is 1. The van der Waals surface area contributed by atoms with Gasteiger partial charge in [0.15, 0.2) is 0 Å². The first-order valence-corrected chi connectivity index (χ1v) is 7.69. The Labute approximate surface area is 124 Å². The predicted molar refractivity (Wildman–Crippen MR) is 85.0 cm³/mol. The lowest BCUT2D eigenvalue weighted by Crippen LogP contribution is -2.25. The molecule has 100 valence electrons. The Hall–Kier alpha value is -0.960. The van der Waals surface area contributed by atoms with E-state index in [1.807, 2.05) is 18.2 Å². The van der Waals surface area contributed by atoms with Crippen LogP contribution in [0.15, 0.2) is 53.4 Å². The van der Waals surface area contributed by atoms with E-state index in [0.29, 0.717) is 0 Å². The lowest BCUT2D eigenvalue weighted by molar-refractivity contribution is 0.748. The van der Waals surface area contributed by atoms with E-state index in [1.54, 1.807) is 11.8 Å². The van der Waals surface area contributed by atoms with Gasteiger partial charge in [-0.2, -0.15) is 0 Å². The summed E-state index contributed by atoms with van der Waals surface area (Å²) in [5, 5.41) is 0.775. The Bertz CT molecular complexity index is 542. The lowest BCUT2D eigenvalue weighted by Gasteiger charge is -2.12. The number of hydrogen-bond donors (Lipinski definition) is 1. The van der Waals surface area contributed by atoms with Gasteiger partial charge in [-0.25, -0.2) is 0 Å². The first-order valence-electron chi connectivity index (χ1n) is 6.33. The second kappa shape index (κ2) is 6.99. The largest absolute Gasteiger partial charge is 0.327 e. The van der Waals surface area contributed by atoms with E-state index in [9.17, 15) is 0 Å². The van der Waals surface area contributed by atoms with Crippen LogP contribution in [0.4, 0.5) is 0 Å². The van der Waals surface area contributed by atoms with Gasteiger partial charge in [-0.1, -0.05) is 47.5 Å². The van der Waals surface area contributed by atoms with Crippen LogP contribution >= 0.6 is 23.4 Å². The molecule has 0 aliphatic rings. The average molecular weight is 292 g/mol. The summed E-state index contributed by atoms with van der Waals surface area (Å²) in [6.07, 6.45) is 0.912. The van der Waals surface area contributed by atoms with Crippen molar-refractivity contribution < 1.29 is 0 Å². The molecule has 0 radical (unpaired) electrons. The van der Waals surface area contributed by atoms with Gasteiger partial charge in [0.05, 0.1) is 0 Å². The predicted octanol–water partition coefficient (Wildman–Crippen LogP) is 4.31. The molecule has 0 amide bonds. The fourth-order valence-corrected chi connectivity index (χ4v) is 3.13. The van der Waals surface area contributed by atoms with Crippen molar-refractivity contribution >= 4 is 23.4 Å². The Morgan fingerprint density at radius 3 is 2.68 bits per heavy atom. The summed E-state index contributed by atoms with van der Waals surface area (Å²) >= 11 is 7.72. The SMILES string of the molecule is Cc1cccc(CC(N)CSc2cccc(Cl)c2)c1. The van der Waals surface area contributed by atoms with Crippen molar-refractivity contribution in [2.24, 2.45) is 5.73 Å². The van der Waals surface area contributed by atoms with E-state index in [1.165, 1.54) is 16.0 Å². The number of benzene rings is 2. The van der Waals surface area contributed by atoms with E-state index >= 15 is 0 Å². The number of thioether (sulfide) groups is 1. The van der Waals surface area contributed by atoms with Gasteiger partial charge in [0.2, 0.25) is 0 Å². The molecule has 0 saturated carbocycles. The highest BCUT2D eigenvalue weighted by molar-refractivity contribution is 7.99. The third-order valence-corrected chi connectivity index (χ3v) is 4.26. The molecular weight excluding hydrogens is 274 g/mol. The highest BCUT2D eigenvalue weighted by Gasteiger charge is 2.05. The normalized spacial score (nSPS) is 12.4. The Balaban J connectivity index is 1.86. The second-order valence-electron chi connectivity index (χ2n) is 4.72. The monoisotopic (exact) mass is 291 g/mol. The molecule has 2 aromatic carbocycles. The molecule has 2 N–H and O–H groups in total. The Morgan fingerprint density at radius 1 is 1.16 bits per heavy atom. The van der Waals surface area contributed by atoms with Gasteiger partial charge in [0.1, 0.15) is 0 Å². The summed E-state index contributed by atoms with van der Waals surface area (Å²) in [6.45, 7) is 2.11. The summed E-state index contributed by atoms with van der Waals surface area (Å²) in [5.74, 6) is 0.897. The molecule has 0 bridgehead atoms. The topological polar surface area (TPSA) is 26.0 Å². The van der Waals surface area contributed by atoms with E-state index in [-0.39, 0.29) is 6.04 Å². The number of rotatable bonds is 5. The zero-order chi connectivity index (χ0) is 13.7. The van der Waals surface area contributed by atoms with Crippen molar-refractivity contribution in [3.63, 3.8) is 0 Å². The minimum absolute atomic E-state index is 0.158. The van der Waals surface area contributed by atoms with E-state index in [4.69, 9.17) is 17.3 Å². The number of aryl methyl sites for hydroxylation is 1. The van der Waals surface area contributed by atoms with Gasteiger partial charge < -0.3 is 5.73 Å². The first kappa shape index (κ1) is 14.4. The molecule has 1 atom stereocenters. The molecule has 0 spiro atoms. The molecular formula is C16H18ClNS. The maximum absolute atomic E-state index is 6.19. The standard InChI is InChI=1S/C16H18ClNS/c1-12-4-2-5-13(8-12)9-15(18)11-19-16-7-3-6-14(17)10-16/h2-8,10,15H,9,11,18H2,1H3. The van der Waals surface area contributed by atoms with Gasteiger partial charge in [-0.15, -0.1) is 11.8 Å². The summed E-state index contributed by atoms with van der Waals surface area (Å²) in [4.78, 5) is 1.17. The first-order chi connectivity index (χ1) is 9.13. The van der Waals surface area contributed by atoms with E-state index in [2.05, 4.69) is 37.3 Å². The van der Waals surface area contributed by atoms with Crippen molar-refractivity contribution in [2.75, 3.05) is 5.75 Å². The van der Waals surface area contributed by atoms with Crippen LogP contribution in [0, 0.1) is 6.92 Å². The summed E-state index contributed by atoms with van der Waals surface area (Å²) in [5.41, 5.74) is 8.78. The minimum atomic E-state index is 0.158. The highest BCUT2D eigenvalue weighted by Crippen LogP contribution is 2.22. The van der Waals surface area contributed by atoms with Crippen molar-refractivity contribution in [3.8, 4) is 0 Å². The van der Waals surface area contributed by atoms with Crippen LogP contribution < -0.4 is 5.73 Å². The molecule has 1 nitrogen and oxygen atoms in total. The van der Waals surface area contributed by atoms with Crippen LogP contribution in [0.2, 0.25) is 5.02 Å². The molecule has 1 unspecified atom stereocenters. The van der Waals surface area contributed by atoms with Crippen molar-refractivity contribution in [3.05, 3.63) is 64.7 Å². The summed E-state index contributed by atoms with van der Waals surface area (Å²) in [7, 11) is 0. The van der Waals surface area contributed by atoms with Crippen molar-refractivity contribution in [1.82, 2.24) is 0 Å². The number of halogens is 1. The third-order valence-electron chi connectivity index (χ3n) is 2.84. The van der Waals surface area contributed by atoms with Crippen molar-refractivity contribution in [1.29, 1.82) is 0 Å². The molecule has 3 heteroatoms.